The average molecular weight is 328 g/mol. The second-order valence-electron chi connectivity index (χ2n) is 5.33. The van der Waals surface area contributed by atoms with Crippen molar-refractivity contribution in [3.05, 3.63) is 60.6 Å². The largest absolute Gasteiger partial charge is 0.434 e. The van der Waals surface area contributed by atoms with E-state index in [0.717, 1.165) is 11.1 Å². The van der Waals surface area contributed by atoms with Crippen molar-refractivity contribution in [1.29, 1.82) is 10.7 Å². The number of hydrogen-bond acceptors (Lipinski definition) is 5. The highest BCUT2D eigenvalue weighted by atomic mass is 16.5. The molecule has 0 saturated heterocycles. The number of nitrogens with zero attached hydrogens (tertiary/aromatic N) is 4. The lowest BCUT2D eigenvalue weighted by atomic mass is 9.96. The standard InChI is InChI=1S/C18H12N6O/c19-10-14-22-9-8-15(23-14)25-17-13-7-6-12(11-4-2-1-3-5-11)16(17)24(13)18(20)21/h1-9H,(H3,20,21). The van der Waals surface area contributed by atoms with Gasteiger partial charge in [0.2, 0.25) is 11.7 Å². The summed E-state index contributed by atoms with van der Waals surface area (Å²) in [4.78, 5) is 9.47. The molecule has 7 heteroatoms. The van der Waals surface area contributed by atoms with Gasteiger partial charge in [0.05, 0.1) is 5.69 Å². The molecule has 0 saturated carbocycles. The van der Waals surface area contributed by atoms with Gasteiger partial charge in [0.25, 0.3) is 0 Å². The van der Waals surface area contributed by atoms with Crippen molar-refractivity contribution in [2.45, 2.75) is 0 Å². The Morgan fingerprint density at radius 1 is 1.16 bits per heavy atom. The minimum atomic E-state index is -0.0875. The highest BCUT2D eigenvalue weighted by Gasteiger charge is 2.36. The molecule has 120 valence electrons. The normalized spacial score (nSPS) is 11.4. The molecule has 3 N–H and O–H groups in total. The Balaban J connectivity index is 1.80. The lowest BCUT2D eigenvalue weighted by Crippen LogP contribution is -2.37. The Morgan fingerprint density at radius 2 is 1.96 bits per heavy atom. The summed E-state index contributed by atoms with van der Waals surface area (Å²) in [5.74, 6) is 0.779. The third kappa shape index (κ3) is 2.33. The van der Waals surface area contributed by atoms with Crippen LogP contribution >= 0.6 is 0 Å². The van der Waals surface area contributed by atoms with E-state index in [1.165, 1.54) is 6.20 Å². The molecule has 7 nitrogen and oxygen atoms in total. The number of guanidine groups is 1. The fourth-order valence-electron chi connectivity index (χ4n) is 2.79. The van der Waals surface area contributed by atoms with Crippen LogP contribution in [0.25, 0.3) is 11.1 Å². The molecule has 2 heterocycles. The smallest absolute Gasteiger partial charge is 0.235 e. The highest BCUT2D eigenvalue weighted by molar-refractivity contribution is 6.15. The first-order valence-corrected chi connectivity index (χ1v) is 7.46. The lowest BCUT2D eigenvalue weighted by molar-refractivity contribution is 0.456. The van der Waals surface area contributed by atoms with Gasteiger partial charge in [0, 0.05) is 17.8 Å². The van der Waals surface area contributed by atoms with Crippen molar-refractivity contribution in [3.8, 4) is 28.8 Å². The molecule has 1 aromatic heterocycles. The zero-order valence-corrected chi connectivity index (χ0v) is 13.0. The van der Waals surface area contributed by atoms with Crippen LogP contribution in [0, 0.1) is 16.7 Å². The Morgan fingerprint density at radius 3 is 2.68 bits per heavy atom. The molecule has 0 spiro atoms. The van der Waals surface area contributed by atoms with Gasteiger partial charge in [-0.2, -0.15) is 10.2 Å². The third-order valence-electron chi connectivity index (χ3n) is 3.84. The molecular formula is C18H12N6O. The number of hydrogen-bond donors (Lipinski definition) is 2. The summed E-state index contributed by atoms with van der Waals surface area (Å²) >= 11 is 0. The van der Waals surface area contributed by atoms with E-state index in [9.17, 15) is 0 Å². The van der Waals surface area contributed by atoms with E-state index >= 15 is 0 Å². The molecule has 0 unspecified atom stereocenters. The molecular weight excluding hydrogens is 316 g/mol. The van der Waals surface area contributed by atoms with Crippen LogP contribution in [0.4, 0.5) is 11.4 Å². The van der Waals surface area contributed by atoms with Crippen LogP contribution in [0.15, 0.2) is 54.7 Å². The summed E-state index contributed by atoms with van der Waals surface area (Å²) in [5.41, 5.74) is 8.98. The quantitative estimate of drug-likeness (QED) is 0.564. The van der Waals surface area contributed by atoms with E-state index in [0.29, 0.717) is 17.1 Å². The van der Waals surface area contributed by atoms with Gasteiger partial charge in [-0.3, -0.25) is 10.3 Å². The predicted molar refractivity (Wildman–Crippen MR) is 92.8 cm³/mol. The summed E-state index contributed by atoms with van der Waals surface area (Å²) in [6.45, 7) is 0. The van der Waals surface area contributed by atoms with Gasteiger partial charge >= 0.3 is 0 Å². The second kappa shape index (κ2) is 5.62. The van der Waals surface area contributed by atoms with Gasteiger partial charge in [0.1, 0.15) is 11.8 Å². The van der Waals surface area contributed by atoms with Crippen LogP contribution in [-0.2, 0) is 0 Å². The number of nitrogens with two attached hydrogens (primary N) is 1. The third-order valence-corrected chi connectivity index (χ3v) is 3.84. The second-order valence-corrected chi connectivity index (χ2v) is 5.33. The number of benzene rings is 2. The Labute approximate surface area is 143 Å². The maximum Gasteiger partial charge on any atom is 0.235 e. The van der Waals surface area contributed by atoms with Crippen molar-refractivity contribution < 1.29 is 4.74 Å². The van der Waals surface area contributed by atoms with Crippen LogP contribution in [0.2, 0.25) is 0 Å². The predicted octanol–water partition coefficient (Wildman–Crippen LogP) is 3.15. The van der Waals surface area contributed by atoms with Crippen LogP contribution < -0.4 is 15.4 Å². The molecule has 0 aliphatic carbocycles. The number of aromatic nitrogens is 2. The van der Waals surface area contributed by atoms with Gasteiger partial charge in [-0.1, -0.05) is 30.3 Å². The SMILES string of the molecule is N#Cc1nccc(Oc2c3ccc(-c4ccccc4)c2N3C(=N)N)n1. The van der Waals surface area contributed by atoms with E-state index in [-0.39, 0.29) is 17.7 Å². The fraction of sp³-hybridized carbons (Fsp3) is 0. The van der Waals surface area contributed by atoms with Crippen molar-refractivity contribution >= 4 is 17.3 Å². The summed E-state index contributed by atoms with van der Waals surface area (Å²) in [6.07, 6.45) is 1.46. The molecule has 25 heavy (non-hydrogen) atoms. The minimum Gasteiger partial charge on any atom is -0.434 e. The molecule has 1 aliphatic heterocycles. The molecule has 4 rings (SSSR count). The molecule has 0 fully saturated rings. The van der Waals surface area contributed by atoms with E-state index < -0.39 is 0 Å². The first-order valence-electron chi connectivity index (χ1n) is 7.46. The molecule has 0 radical (unpaired) electrons. The van der Waals surface area contributed by atoms with E-state index in [1.807, 2.05) is 48.5 Å². The number of fused-ring (bicyclic) bond motifs is 2. The summed E-state index contributed by atoms with van der Waals surface area (Å²) in [7, 11) is 0. The minimum absolute atomic E-state index is 0.0313. The number of anilines is 2. The van der Waals surface area contributed by atoms with Gasteiger partial charge in [-0.05, 0) is 17.7 Å². The van der Waals surface area contributed by atoms with E-state index in [2.05, 4.69) is 9.97 Å². The van der Waals surface area contributed by atoms with Crippen LogP contribution in [0.1, 0.15) is 5.82 Å². The fourth-order valence-corrected chi connectivity index (χ4v) is 2.79. The first kappa shape index (κ1) is 14.7. The summed E-state index contributed by atoms with van der Waals surface area (Å²) in [6, 6.07) is 17.0. The molecule has 2 bridgehead atoms. The van der Waals surface area contributed by atoms with Gasteiger partial charge < -0.3 is 10.5 Å². The van der Waals surface area contributed by atoms with E-state index in [1.54, 1.807) is 11.0 Å². The molecule has 2 aromatic carbocycles. The zero-order chi connectivity index (χ0) is 17.4. The Hall–Kier alpha value is -3.92. The van der Waals surface area contributed by atoms with Crippen LogP contribution in [0.5, 0.6) is 11.6 Å². The maximum absolute atomic E-state index is 8.92. The Bertz CT molecular complexity index is 1030. The number of ether oxygens (including phenoxy) is 1. The number of rotatable bonds is 3. The monoisotopic (exact) mass is 328 g/mol. The van der Waals surface area contributed by atoms with Crippen molar-refractivity contribution in [2.24, 2.45) is 5.73 Å². The van der Waals surface area contributed by atoms with Crippen molar-refractivity contribution in [2.75, 3.05) is 4.90 Å². The number of nitrogens with one attached hydrogen (secondary N) is 1. The van der Waals surface area contributed by atoms with Gasteiger partial charge in [0.15, 0.2) is 11.7 Å². The summed E-state index contributed by atoms with van der Waals surface area (Å²) < 4.78 is 5.87. The lowest BCUT2D eigenvalue weighted by Gasteiger charge is -2.37. The molecule has 1 aliphatic rings. The topological polar surface area (TPSA) is 112 Å². The molecule has 3 aromatic rings. The van der Waals surface area contributed by atoms with Crippen LogP contribution in [-0.4, -0.2) is 15.9 Å². The maximum atomic E-state index is 8.92. The zero-order valence-electron chi connectivity index (χ0n) is 13.0. The Kier molecular flexibility index (Phi) is 3.29. The highest BCUT2D eigenvalue weighted by Crippen LogP contribution is 2.57. The van der Waals surface area contributed by atoms with Crippen molar-refractivity contribution in [3.63, 3.8) is 0 Å². The van der Waals surface area contributed by atoms with Crippen LogP contribution in [0.3, 0.4) is 0 Å². The number of nitriles is 1. The average Bonchev–Trinajstić information content (AvgIpc) is 2.66. The van der Waals surface area contributed by atoms with E-state index in [4.69, 9.17) is 21.1 Å². The first-order chi connectivity index (χ1) is 12.2. The van der Waals surface area contributed by atoms with Crippen molar-refractivity contribution in [1.82, 2.24) is 9.97 Å². The molecule has 0 atom stereocenters. The van der Waals surface area contributed by atoms with Gasteiger partial charge in [-0.15, -0.1) is 0 Å². The molecule has 0 amide bonds. The summed E-state index contributed by atoms with van der Waals surface area (Å²) in [5, 5.41) is 16.7. The van der Waals surface area contributed by atoms with Gasteiger partial charge in [-0.25, -0.2) is 4.98 Å².